The molecule has 55 heavy (non-hydrogen) atoms. The lowest BCUT2D eigenvalue weighted by Crippen LogP contribution is -2.60. The molecular formula is C48H59NO6. The molecule has 7 heteroatoms. The number of ether oxygens (including phenoxy) is 1. The summed E-state index contributed by atoms with van der Waals surface area (Å²) in [4.78, 5) is 44.5. The van der Waals surface area contributed by atoms with E-state index in [1.54, 1.807) is 4.90 Å². The summed E-state index contributed by atoms with van der Waals surface area (Å²) >= 11 is 0. The highest BCUT2D eigenvalue weighted by Crippen LogP contribution is 2.66. The average Bonchev–Trinajstić information content (AvgIpc) is 3.61. The second-order valence-corrected chi connectivity index (χ2v) is 18.1. The molecule has 2 saturated carbocycles. The summed E-state index contributed by atoms with van der Waals surface area (Å²) in [6, 6.07) is 23.9. The maximum absolute atomic E-state index is 14.8. The van der Waals surface area contributed by atoms with Crippen LogP contribution in [0.3, 0.4) is 0 Å². The highest BCUT2D eigenvalue weighted by atomic mass is 16.6. The minimum absolute atomic E-state index is 0.0805. The van der Waals surface area contributed by atoms with Crippen LogP contribution in [0.4, 0.5) is 0 Å². The molecule has 6 atom stereocenters. The Hall–Kier alpha value is -4.07. The molecule has 4 aliphatic carbocycles. The second kappa shape index (κ2) is 14.5. The lowest BCUT2D eigenvalue weighted by Gasteiger charge is -2.47. The van der Waals surface area contributed by atoms with E-state index in [-0.39, 0.29) is 30.1 Å². The van der Waals surface area contributed by atoms with Gasteiger partial charge in [0.25, 0.3) is 5.91 Å². The zero-order valence-electron chi connectivity index (χ0n) is 33.6. The largest absolute Gasteiger partial charge is 0.448 e. The number of carbonyl (C=O) groups is 3. The van der Waals surface area contributed by atoms with Crippen LogP contribution < -0.4 is 0 Å². The van der Waals surface area contributed by atoms with Crippen molar-refractivity contribution in [3.63, 3.8) is 0 Å². The fraction of sp³-hybridized carbons (Fsp3) is 0.521. The number of amides is 1. The van der Waals surface area contributed by atoms with Gasteiger partial charge in [0, 0.05) is 28.5 Å². The van der Waals surface area contributed by atoms with Crippen molar-refractivity contribution in [3.8, 4) is 11.1 Å². The van der Waals surface area contributed by atoms with Crippen LogP contribution in [0.5, 0.6) is 0 Å². The molecule has 2 N–H and O–H groups in total. The van der Waals surface area contributed by atoms with E-state index in [1.165, 1.54) is 5.57 Å². The van der Waals surface area contributed by atoms with Crippen LogP contribution in [-0.2, 0) is 20.7 Å². The zero-order chi connectivity index (χ0) is 39.4. The molecule has 7 nitrogen and oxygen atoms in total. The van der Waals surface area contributed by atoms with E-state index in [2.05, 4.69) is 38.1 Å². The molecular weight excluding hydrogens is 687 g/mol. The number of aliphatic hydroxyl groups is 2. The molecule has 3 aromatic carbocycles. The van der Waals surface area contributed by atoms with Gasteiger partial charge in [0.1, 0.15) is 0 Å². The van der Waals surface area contributed by atoms with Crippen molar-refractivity contribution in [1.29, 1.82) is 0 Å². The van der Waals surface area contributed by atoms with Crippen LogP contribution in [0.15, 0.2) is 84.4 Å². The van der Waals surface area contributed by atoms with Gasteiger partial charge in [-0.1, -0.05) is 106 Å². The van der Waals surface area contributed by atoms with Gasteiger partial charge in [-0.2, -0.15) is 0 Å². The summed E-state index contributed by atoms with van der Waals surface area (Å²) in [7, 11) is 0. The monoisotopic (exact) mass is 745 g/mol. The molecule has 1 amide bonds. The van der Waals surface area contributed by atoms with Crippen molar-refractivity contribution in [2.45, 2.75) is 129 Å². The van der Waals surface area contributed by atoms with E-state index >= 15 is 0 Å². The Balaban J connectivity index is 1.28. The number of hydrogen-bond donors (Lipinski definition) is 2. The fourth-order valence-electron chi connectivity index (χ4n) is 10.6. The van der Waals surface area contributed by atoms with E-state index < -0.39 is 33.6 Å². The summed E-state index contributed by atoms with van der Waals surface area (Å²) < 4.78 is 6.08. The molecule has 292 valence electrons. The van der Waals surface area contributed by atoms with Crippen LogP contribution >= 0.6 is 0 Å². The smallest absolute Gasteiger partial charge is 0.313 e. The van der Waals surface area contributed by atoms with E-state index in [4.69, 9.17) is 4.74 Å². The molecule has 1 aliphatic heterocycles. The van der Waals surface area contributed by atoms with Crippen LogP contribution in [0.1, 0.15) is 132 Å². The molecule has 0 unspecified atom stereocenters. The third kappa shape index (κ3) is 6.39. The summed E-state index contributed by atoms with van der Waals surface area (Å²) in [5.41, 5.74) is 1.64. The number of nitrogens with zero attached hydrogens (tertiary/aromatic N) is 1. The van der Waals surface area contributed by atoms with E-state index in [9.17, 15) is 24.6 Å². The number of aliphatic hydroxyl groups excluding tert-OH is 1. The summed E-state index contributed by atoms with van der Waals surface area (Å²) in [6.07, 6.45) is 7.75. The van der Waals surface area contributed by atoms with Crippen LogP contribution in [0.2, 0.25) is 0 Å². The van der Waals surface area contributed by atoms with Gasteiger partial charge in [-0.15, -0.1) is 0 Å². The average molecular weight is 746 g/mol. The first kappa shape index (κ1) is 39.2. The van der Waals surface area contributed by atoms with Crippen LogP contribution in [0, 0.1) is 16.2 Å². The van der Waals surface area contributed by atoms with Crippen LogP contribution in [0.25, 0.3) is 11.1 Å². The maximum atomic E-state index is 14.8. The third-order valence-corrected chi connectivity index (χ3v) is 14.8. The number of esters is 1. The Morgan fingerprint density at radius 3 is 2.25 bits per heavy atom. The van der Waals surface area contributed by atoms with E-state index in [1.807, 2.05) is 82.3 Å². The molecule has 3 aromatic rings. The molecule has 0 aromatic heterocycles. The summed E-state index contributed by atoms with van der Waals surface area (Å²) in [5.74, 6) is -0.772. The second-order valence-electron chi connectivity index (χ2n) is 18.1. The molecule has 1 heterocycles. The van der Waals surface area contributed by atoms with Crippen LogP contribution in [-0.4, -0.2) is 63.2 Å². The predicted molar refractivity (Wildman–Crippen MR) is 216 cm³/mol. The number of benzene rings is 3. The van der Waals surface area contributed by atoms with Gasteiger partial charge in [0.2, 0.25) is 0 Å². The molecule has 4 bridgehead atoms. The quantitative estimate of drug-likeness (QED) is 0.136. The van der Waals surface area contributed by atoms with Gasteiger partial charge >= 0.3 is 5.97 Å². The lowest BCUT2D eigenvalue weighted by molar-refractivity contribution is -0.177. The summed E-state index contributed by atoms with van der Waals surface area (Å²) in [6.45, 7) is 12.7. The number of rotatable bonds is 8. The highest BCUT2D eigenvalue weighted by Gasteiger charge is 2.76. The van der Waals surface area contributed by atoms with Gasteiger partial charge in [-0.3, -0.25) is 14.4 Å². The fourth-order valence-corrected chi connectivity index (χ4v) is 10.6. The zero-order valence-corrected chi connectivity index (χ0v) is 33.6. The van der Waals surface area contributed by atoms with E-state index in [0.29, 0.717) is 75.5 Å². The Morgan fingerprint density at radius 2 is 1.60 bits per heavy atom. The first-order valence-corrected chi connectivity index (χ1v) is 20.5. The lowest BCUT2D eigenvalue weighted by atomic mass is 9.64. The van der Waals surface area contributed by atoms with Crippen molar-refractivity contribution < 1.29 is 29.3 Å². The molecule has 0 spiro atoms. The number of allylic oxidation sites excluding steroid dienone is 2. The molecule has 0 radical (unpaired) electrons. The van der Waals surface area contributed by atoms with Gasteiger partial charge < -0.3 is 19.8 Å². The minimum atomic E-state index is -1.28. The van der Waals surface area contributed by atoms with Gasteiger partial charge in [0.15, 0.2) is 11.4 Å². The SMILES string of the molecule is CCCN(C[C@]1(O)CC[C@H]2c3ccc(cc3C(=O)c3ccc(-c4ccccc4)cc3)C[C@@H](O)CCC(C)=CCC[C@@]21C)C(=O)[C@@]12CC[C@@](C)(C(=O)O1)C2(C)C. The number of carbonyl (C=O) groups excluding carboxylic acids is 3. The highest BCUT2D eigenvalue weighted by molar-refractivity contribution is 6.10. The van der Waals surface area contributed by atoms with Crippen molar-refractivity contribution >= 4 is 17.7 Å². The van der Waals surface area contributed by atoms with Crippen molar-refractivity contribution in [3.05, 3.63) is 107 Å². The Bertz CT molecular complexity index is 1980. The standard InChI is InChI=1S/C48H59NO6/c1-7-28-49(42(52)48-27-26-46(6,43(53)55-48)44(48,3)4)31-47(54)25-23-40-38-22-16-33(29-37(50)21-15-32(2)12-11-24-45(40,47)5)30-39(38)41(51)36-19-17-35(18-20-36)34-13-9-8-10-14-34/h8-10,12-14,16-20,22,30,37,40,50,54H,7,11,15,21,23-29,31H2,1-6H3/t37-,40-,45-,46-,47+,48+/m0/s1. The Labute approximate surface area is 327 Å². The van der Waals surface area contributed by atoms with Crippen molar-refractivity contribution in [1.82, 2.24) is 4.90 Å². The normalized spacial score (nSPS) is 31.3. The Kier molecular flexibility index (Phi) is 10.3. The Morgan fingerprint density at radius 1 is 0.891 bits per heavy atom. The topological polar surface area (TPSA) is 104 Å². The molecule has 3 fully saturated rings. The van der Waals surface area contributed by atoms with Crippen molar-refractivity contribution in [2.24, 2.45) is 16.2 Å². The molecule has 5 aliphatic rings. The molecule has 8 rings (SSSR count). The van der Waals surface area contributed by atoms with Gasteiger partial charge in [-0.25, -0.2) is 0 Å². The summed E-state index contributed by atoms with van der Waals surface area (Å²) in [5, 5.41) is 24.2. The third-order valence-electron chi connectivity index (χ3n) is 14.8. The first-order valence-electron chi connectivity index (χ1n) is 20.5. The van der Waals surface area contributed by atoms with Gasteiger partial charge in [-0.05, 0) is 112 Å². The number of fused-ring (bicyclic) bond motifs is 10. The number of ketones is 1. The first-order chi connectivity index (χ1) is 26.1. The number of hydrogen-bond acceptors (Lipinski definition) is 6. The maximum Gasteiger partial charge on any atom is 0.313 e. The molecule has 1 saturated heterocycles. The van der Waals surface area contributed by atoms with Crippen molar-refractivity contribution in [2.75, 3.05) is 13.1 Å². The van der Waals surface area contributed by atoms with E-state index in [0.717, 1.165) is 28.7 Å². The van der Waals surface area contributed by atoms with Gasteiger partial charge in [0.05, 0.1) is 23.7 Å². The minimum Gasteiger partial charge on any atom is -0.448 e. The predicted octanol–water partition coefficient (Wildman–Crippen LogP) is 8.98.